The summed E-state index contributed by atoms with van der Waals surface area (Å²) in [6, 6.07) is -0.00559. The van der Waals surface area contributed by atoms with E-state index in [9.17, 15) is 4.79 Å². The molecule has 15 heavy (non-hydrogen) atoms. The van der Waals surface area contributed by atoms with E-state index in [0.29, 0.717) is 5.88 Å². The van der Waals surface area contributed by atoms with Crippen LogP contribution in [0, 0.1) is 0 Å². The molecule has 0 radical (unpaired) electrons. The molecule has 1 amide bonds. The molecule has 1 atom stereocenters. The van der Waals surface area contributed by atoms with Gasteiger partial charge in [-0.05, 0) is 39.2 Å². The smallest absolute Gasteiger partial charge is 0.407 e. The number of halogens is 1. The van der Waals surface area contributed by atoms with Crippen LogP contribution in [-0.4, -0.2) is 35.6 Å². The van der Waals surface area contributed by atoms with Gasteiger partial charge in [-0.3, -0.25) is 0 Å². The Morgan fingerprint density at radius 2 is 2.13 bits per heavy atom. The maximum atomic E-state index is 11.4. The fourth-order valence-corrected chi connectivity index (χ4v) is 1.67. The van der Waals surface area contributed by atoms with Crippen molar-refractivity contribution >= 4 is 29.5 Å². The van der Waals surface area contributed by atoms with Gasteiger partial charge in [0, 0.05) is 11.9 Å². The first-order valence-corrected chi connectivity index (χ1v) is 6.86. The van der Waals surface area contributed by atoms with E-state index in [1.807, 2.05) is 27.0 Å². The summed E-state index contributed by atoms with van der Waals surface area (Å²) in [6.45, 7) is 5.51. The molecule has 0 aromatic heterocycles. The monoisotopic (exact) mass is 253 g/mol. The van der Waals surface area contributed by atoms with Crippen LogP contribution in [0.5, 0.6) is 0 Å². The first-order valence-electron chi connectivity index (χ1n) is 4.93. The number of ether oxygens (including phenoxy) is 1. The summed E-state index contributed by atoms with van der Waals surface area (Å²) in [6.07, 6.45) is 2.50. The van der Waals surface area contributed by atoms with Crippen LogP contribution in [-0.2, 0) is 4.74 Å². The number of hydrogen-bond acceptors (Lipinski definition) is 3. The van der Waals surface area contributed by atoms with Gasteiger partial charge >= 0.3 is 6.09 Å². The van der Waals surface area contributed by atoms with Crippen LogP contribution in [0.3, 0.4) is 0 Å². The molecule has 0 aliphatic heterocycles. The van der Waals surface area contributed by atoms with Gasteiger partial charge in [-0.25, -0.2) is 4.79 Å². The molecule has 0 heterocycles. The first-order chi connectivity index (χ1) is 6.89. The minimum absolute atomic E-state index is 0.00559. The molecule has 0 spiro atoms. The Morgan fingerprint density at radius 3 is 2.53 bits per heavy atom. The van der Waals surface area contributed by atoms with Crippen molar-refractivity contribution in [2.45, 2.75) is 38.8 Å². The van der Waals surface area contributed by atoms with Gasteiger partial charge in [0.2, 0.25) is 0 Å². The normalized spacial score (nSPS) is 13.4. The Bertz CT molecular complexity index is 194. The maximum Gasteiger partial charge on any atom is 0.407 e. The standard InChI is InChI=1S/C10H20ClNO2S/c1-10(2,3)14-9(13)12-8(7-11)5-6-15-4/h8H,5-7H2,1-4H3,(H,12,13). The van der Waals surface area contributed by atoms with Crippen LogP contribution in [0.4, 0.5) is 4.79 Å². The van der Waals surface area contributed by atoms with E-state index in [1.165, 1.54) is 0 Å². The van der Waals surface area contributed by atoms with E-state index < -0.39 is 11.7 Å². The van der Waals surface area contributed by atoms with E-state index >= 15 is 0 Å². The molecule has 1 unspecified atom stereocenters. The lowest BCUT2D eigenvalue weighted by Crippen LogP contribution is -2.40. The lowest BCUT2D eigenvalue weighted by Gasteiger charge is -2.22. The zero-order chi connectivity index (χ0) is 11.9. The van der Waals surface area contributed by atoms with Crippen molar-refractivity contribution in [1.82, 2.24) is 5.32 Å². The Balaban J connectivity index is 3.91. The van der Waals surface area contributed by atoms with Gasteiger partial charge in [0.25, 0.3) is 0 Å². The zero-order valence-electron chi connectivity index (χ0n) is 9.80. The van der Waals surface area contributed by atoms with Crippen LogP contribution < -0.4 is 5.32 Å². The molecule has 1 N–H and O–H groups in total. The van der Waals surface area contributed by atoms with Crippen molar-refractivity contribution in [1.29, 1.82) is 0 Å². The molecule has 0 rings (SSSR count). The average Bonchev–Trinajstić information content (AvgIpc) is 2.09. The highest BCUT2D eigenvalue weighted by Gasteiger charge is 2.18. The lowest BCUT2D eigenvalue weighted by molar-refractivity contribution is 0.0508. The van der Waals surface area contributed by atoms with Gasteiger partial charge < -0.3 is 10.1 Å². The van der Waals surface area contributed by atoms with E-state index in [4.69, 9.17) is 16.3 Å². The fourth-order valence-electron chi connectivity index (χ4n) is 0.922. The third-order valence-corrected chi connectivity index (χ3v) is 2.59. The second-order valence-corrected chi connectivity index (χ2v) is 5.57. The van der Waals surface area contributed by atoms with E-state index in [-0.39, 0.29) is 6.04 Å². The lowest BCUT2D eigenvalue weighted by atomic mass is 10.2. The Labute approximate surface area is 101 Å². The molecular formula is C10H20ClNO2S. The minimum Gasteiger partial charge on any atom is -0.444 e. The molecule has 0 aliphatic rings. The molecule has 0 saturated carbocycles. The van der Waals surface area contributed by atoms with E-state index in [0.717, 1.165) is 12.2 Å². The van der Waals surface area contributed by atoms with Crippen LogP contribution in [0.15, 0.2) is 0 Å². The molecule has 0 aromatic rings. The molecular weight excluding hydrogens is 234 g/mol. The summed E-state index contributed by atoms with van der Waals surface area (Å²) < 4.78 is 5.13. The van der Waals surface area contributed by atoms with E-state index in [2.05, 4.69) is 5.32 Å². The Morgan fingerprint density at radius 1 is 1.53 bits per heavy atom. The highest BCUT2D eigenvalue weighted by atomic mass is 35.5. The zero-order valence-corrected chi connectivity index (χ0v) is 11.4. The van der Waals surface area contributed by atoms with Crippen molar-refractivity contribution in [2.24, 2.45) is 0 Å². The van der Waals surface area contributed by atoms with Crippen LogP contribution in [0.1, 0.15) is 27.2 Å². The number of amides is 1. The largest absolute Gasteiger partial charge is 0.444 e. The number of hydrogen-bond donors (Lipinski definition) is 1. The molecule has 3 nitrogen and oxygen atoms in total. The summed E-state index contributed by atoms with van der Waals surface area (Å²) in [7, 11) is 0. The number of rotatable bonds is 5. The number of alkyl carbamates (subject to hydrolysis) is 1. The predicted molar refractivity (Wildman–Crippen MR) is 66.9 cm³/mol. The van der Waals surface area contributed by atoms with Gasteiger partial charge in [0.05, 0.1) is 0 Å². The summed E-state index contributed by atoms with van der Waals surface area (Å²) in [5, 5.41) is 2.75. The minimum atomic E-state index is -0.458. The third kappa shape index (κ3) is 8.88. The van der Waals surface area contributed by atoms with Crippen molar-refractivity contribution in [3.63, 3.8) is 0 Å². The number of nitrogens with one attached hydrogen (secondary N) is 1. The maximum absolute atomic E-state index is 11.4. The van der Waals surface area contributed by atoms with Crippen LogP contribution in [0.25, 0.3) is 0 Å². The van der Waals surface area contributed by atoms with E-state index in [1.54, 1.807) is 11.8 Å². The highest BCUT2D eigenvalue weighted by Crippen LogP contribution is 2.08. The summed E-state index contributed by atoms with van der Waals surface area (Å²) >= 11 is 7.47. The molecule has 5 heteroatoms. The Hall–Kier alpha value is -0.0900. The second-order valence-electron chi connectivity index (χ2n) is 4.28. The van der Waals surface area contributed by atoms with Gasteiger partial charge in [-0.15, -0.1) is 11.6 Å². The molecule has 90 valence electrons. The summed E-state index contributed by atoms with van der Waals surface area (Å²) in [5.74, 6) is 1.40. The number of thioether (sulfide) groups is 1. The number of carbonyl (C=O) groups excluding carboxylic acids is 1. The molecule has 0 aliphatic carbocycles. The second kappa shape index (κ2) is 7.23. The quantitative estimate of drug-likeness (QED) is 0.766. The average molecular weight is 254 g/mol. The van der Waals surface area contributed by atoms with Gasteiger partial charge in [0.15, 0.2) is 0 Å². The third-order valence-electron chi connectivity index (χ3n) is 1.58. The van der Waals surface area contributed by atoms with Crippen molar-refractivity contribution in [3.8, 4) is 0 Å². The fraction of sp³-hybridized carbons (Fsp3) is 0.900. The summed E-state index contributed by atoms with van der Waals surface area (Å²) in [5.41, 5.74) is -0.458. The predicted octanol–water partition coefficient (Wildman–Crippen LogP) is 2.87. The van der Waals surface area contributed by atoms with Crippen molar-refractivity contribution in [3.05, 3.63) is 0 Å². The summed E-state index contributed by atoms with van der Waals surface area (Å²) in [4.78, 5) is 11.4. The SMILES string of the molecule is CSCCC(CCl)NC(=O)OC(C)(C)C. The first kappa shape index (κ1) is 14.9. The number of alkyl halides is 1. The van der Waals surface area contributed by atoms with Crippen LogP contribution in [0.2, 0.25) is 0 Å². The molecule has 0 saturated heterocycles. The highest BCUT2D eigenvalue weighted by molar-refractivity contribution is 7.98. The van der Waals surface area contributed by atoms with Gasteiger partial charge in [-0.1, -0.05) is 0 Å². The van der Waals surface area contributed by atoms with Crippen LogP contribution >= 0.6 is 23.4 Å². The van der Waals surface area contributed by atoms with Gasteiger partial charge in [-0.2, -0.15) is 11.8 Å². The topological polar surface area (TPSA) is 38.3 Å². The van der Waals surface area contributed by atoms with Gasteiger partial charge in [0.1, 0.15) is 5.60 Å². The van der Waals surface area contributed by atoms with Crippen molar-refractivity contribution < 1.29 is 9.53 Å². The molecule has 0 bridgehead atoms. The Kier molecular flexibility index (Phi) is 7.18. The molecule has 0 fully saturated rings. The number of carbonyl (C=O) groups is 1. The van der Waals surface area contributed by atoms with Crippen molar-refractivity contribution in [2.75, 3.05) is 17.9 Å². The molecule has 0 aromatic carbocycles.